The quantitative estimate of drug-likeness (QED) is 0.817. The van der Waals surface area contributed by atoms with Crippen molar-refractivity contribution in [3.05, 3.63) is 18.3 Å². The fraction of sp³-hybridized carbons (Fsp3) is 0.455. The number of nitrogens with one attached hydrogen (secondary N) is 1. The third-order valence-electron chi connectivity index (χ3n) is 2.26. The fourth-order valence-corrected chi connectivity index (χ4v) is 1.32. The summed E-state index contributed by atoms with van der Waals surface area (Å²) in [6, 6.07) is 3.59. The summed E-state index contributed by atoms with van der Waals surface area (Å²) in [5.74, 6) is 1.39. The predicted molar refractivity (Wildman–Crippen MR) is 56.8 cm³/mol. The van der Waals surface area contributed by atoms with Crippen molar-refractivity contribution in [1.82, 2.24) is 4.98 Å². The normalized spacial score (nSPS) is 14.7. The number of hydrogen-bond acceptors (Lipinski definition) is 3. The van der Waals surface area contributed by atoms with Gasteiger partial charge in [-0.15, -0.1) is 0 Å². The molecule has 1 fully saturated rings. The molecular formula is C11H14N2O2. The van der Waals surface area contributed by atoms with Crippen LogP contribution in [0.4, 0.5) is 5.82 Å². The molecule has 0 unspecified atom stereocenters. The summed E-state index contributed by atoms with van der Waals surface area (Å²) in [4.78, 5) is 15.6. The Balaban J connectivity index is 2.08. The van der Waals surface area contributed by atoms with E-state index in [0.29, 0.717) is 18.2 Å². The summed E-state index contributed by atoms with van der Waals surface area (Å²) in [5.41, 5.74) is 0. The van der Waals surface area contributed by atoms with Crippen LogP contribution in [0.25, 0.3) is 0 Å². The van der Waals surface area contributed by atoms with Gasteiger partial charge in [0.2, 0.25) is 5.91 Å². The highest BCUT2D eigenvalue weighted by Gasteiger charge is 2.30. The minimum absolute atomic E-state index is 0.0506. The maximum atomic E-state index is 11.5. The molecule has 2 rings (SSSR count). The lowest BCUT2D eigenvalue weighted by Crippen LogP contribution is -2.15. The van der Waals surface area contributed by atoms with Crippen molar-refractivity contribution in [1.29, 1.82) is 0 Å². The molecule has 0 radical (unpaired) electrons. The number of anilines is 1. The van der Waals surface area contributed by atoms with Crippen molar-refractivity contribution in [3.8, 4) is 5.75 Å². The topological polar surface area (TPSA) is 51.2 Å². The molecule has 4 heteroatoms. The predicted octanol–water partition coefficient (Wildman–Crippen LogP) is 1.83. The Morgan fingerprint density at radius 2 is 2.47 bits per heavy atom. The summed E-state index contributed by atoms with van der Waals surface area (Å²) >= 11 is 0. The minimum Gasteiger partial charge on any atom is -0.490 e. The lowest BCUT2D eigenvalue weighted by Gasteiger charge is -2.09. The molecule has 0 bridgehead atoms. The Labute approximate surface area is 88.7 Å². The van der Waals surface area contributed by atoms with Gasteiger partial charge in [-0.3, -0.25) is 4.79 Å². The van der Waals surface area contributed by atoms with Crippen LogP contribution >= 0.6 is 0 Å². The van der Waals surface area contributed by atoms with Gasteiger partial charge in [0.1, 0.15) is 0 Å². The second-order valence-corrected chi connectivity index (χ2v) is 3.55. The smallest absolute Gasteiger partial charge is 0.228 e. The number of rotatable bonds is 4. The summed E-state index contributed by atoms with van der Waals surface area (Å²) < 4.78 is 5.36. The van der Waals surface area contributed by atoms with Gasteiger partial charge >= 0.3 is 0 Å². The Morgan fingerprint density at radius 1 is 1.67 bits per heavy atom. The van der Waals surface area contributed by atoms with Crippen molar-refractivity contribution < 1.29 is 9.53 Å². The third kappa shape index (κ3) is 2.46. The largest absolute Gasteiger partial charge is 0.490 e. The summed E-state index contributed by atoms with van der Waals surface area (Å²) in [7, 11) is 0. The Hall–Kier alpha value is -1.58. The number of pyridine rings is 1. The highest BCUT2D eigenvalue weighted by atomic mass is 16.5. The van der Waals surface area contributed by atoms with E-state index in [1.807, 2.05) is 6.92 Å². The van der Waals surface area contributed by atoms with Crippen LogP contribution in [0.5, 0.6) is 5.75 Å². The number of ether oxygens (including phenoxy) is 1. The first-order valence-electron chi connectivity index (χ1n) is 5.20. The number of hydrogen-bond donors (Lipinski definition) is 1. The van der Waals surface area contributed by atoms with Crippen LogP contribution < -0.4 is 10.1 Å². The zero-order valence-corrected chi connectivity index (χ0v) is 8.69. The van der Waals surface area contributed by atoms with Crippen LogP contribution in [0.15, 0.2) is 18.3 Å². The molecule has 4 nitrogen and oxygen atoms in total. The van der Waals surface area contributed by atoms with E-state index in [4.69, 9.17) is 4.74 Å². The van der Waals surface area contributed by atoms with Gasteiger partial charge in [0.15, 0.2) is 11.6 Å². The standard InChI is InChI=1S/C11H14N2O2/c1-2-15-9-4-3-7-12-10(9)13-11(14)8-5-6-8/h3-4,7-8H,2,5-6H2,1H3,(H,12,13,14). The molecule has 1 aromatic rings. The Morgan fingerprint density at radius 3 is 3.13 bits per heavy atom. The summed E-state index contributed by atoms with van der Waals surface area (Å²) in [6.07, 6.45) is 3.62. The van der Waals surface area contributed by atoms with Crippen molar-refractivity contribution in [3.63, 3.8) is 0 Å². The van der Waals surface area contributed by atoms with Crippen LogP contribution in [-0.2, 0) is 4.79 Å². The molecule has 0 atom stereocenters. The molecule has 1 amide bonds. The first-order chi connectivity index (χ1) is 7.31. The minimum atomic E-state index is 0.0506. The SMILES string of the molecule is CCOc1cccnc1NC(=O)C1CC1. The van der Waals surface area contributed by atoms with Crippen LogP contribution in [0, 0.1) is 5.92 Å². The zero-order valence-electron chi connectivity index (χ0n) is 8.69. The van der Waals surface area contributed by atoms with Gasteiger partial charge in [-0.2, -0.15) is 0 Å². The number of amides is 1. The van der Waals surface area contributed by atoms with E-state index in [0.717, 1.165) is 12.8 Å². The van der Waals surface area contributed by atoms with E-state index >= 15 is 0 Å². The number of aromatic nitrogens is 1. The Bertz CT molecular complexity index is 361. The highest BCUT2D eigenvalue weighted by Crippen LogP contribution is 2.31. The summed E-state index contributed by atoms with van der Waals surface area (Å²) in [5, 5.41) is 2.78. The van der Waals surface area contributed by atoms with Gasteiger partial charge in [-0.25, -0.2) is 4.98 Å². The number of carbonyl (C=O) groups excluding carboxylic acids is 1. The van der Waals surface area contributed by atoms with E-state index in [2.05, 4.69) is 10.3 Å². The molecule has 0 saturated heterocycles. The van der Waals surface area contributed by atoms with E-state index in [1.165, 1.54) is 0 Å². The maximum absolute atomic E-state index is 11.5. The first-order valence-corrected chi connectivity index (χ1v) is 5.20. The monoisotopic (exact) mass is 206 g/mol. The molecule has 1 aromatic heterocycles. The van der Waals surface area contributed by atoms with Crippen molar-refractivity contribution in [2.75, 3.05) is 11.9 Å². The molecule has 0 aromatic carbocycles. The molecule has 0 spiro atoms. The van der Waals surface area contributed by atoms with E-state index in [-0.39, 0.29) is 11.8 Å². The van der Waals surface area contributed by atoms with Crippen molar-refractivity contribution >= 4 is 11.7 Å². The van der Waals surface area contributed by atoms with E-state index in [1.54, 1.807) is 18.3 Å². The lowest BCUT2D eigenvalue weighted by molar-refractivity contribution is -0.117. The van der Waals surface area contributed by atoms with Gasteiger partial charge < -0.3 is 10.1 Å². The van der Waals surface area contributed by atoms with Gasteiger partial charge in [-0.1, -0.05) is 0 Å². The average molecular weight is 206 g/mol. The molecular weight excluding hydrogens is 192 g/mol. The number of carbonyl (C=O) groups is 1. The average Bonchev–Trinajstić information content (AvgIpc) is 3.04. The second kappa shape index (κ2) is 4.29. The fourth-order valence-electron chi connectivity index (χ4n) is 1.32. The van der Waals surface area contributed by atoms with Crippen LogP contribution in [0.2, 0.25) is 0 Å². The van der Waals surface area contributed by atoms with Crippen molar-refractivity contribution in [2.45, 2.75) is 19.8 Å². The number of nitrogens with zero attached hydrogens (tertiary/aromatic N) is 1. The molecule has 1 heterocycles. The lowest BCUT2D eigenvalue weighted by atomic mass is 10.3. The zero-order chi connectivity index (χ0) is 10.7. The molecule has 1 N–H and O–H groups in total. The molecule has 1 aliphatic rings. The van der Waals surface area contributed by atoms with Crippen LogP contribution in [-0.4, -0.2) is 17.5 Å². The first kappa shape index (κ1) is 9.96. The Kier molecular flexibility index (Phi) is 2.85. The van der Waals surface area contributed by atoms with Crippen LogP contribution in [0.1, 0.15) is 19.8 Å². The van der Waals surface area contributed by atoms with Gasteiger partial charge in [0.05, 0.1) is 6.61 Å². The van der Waals surface area contributed by atoms with Gasteiger partial charge in [0.25, 0.3) is 0 Å². The molecule has 0 aliphatic heterocycles. The molecule has 1 aliphatic carbocycles. The van der Waals surface area contributed by atoms with Gasteiger partial charge in [0, 0.05) is 12.1 Å². The molecule has 80 valence electrons. The summed E-state index contributed by atoms with van der Waals surface area (Å²) in [6.45, 7) is 2.47. The molecule has 15 heavy (non-hydrogen) atoms. The van der Waals surface area contributed by atoms with Crippen molar-refractivity contribution in [2.24, 2.45) is 5.92 Å². The maximum Gasteiger partial charge on any atom is 0.228 e. The van der Waals surface area contributed by atoms with E-state index in [9.17, 15) is 4.79 Å². The van der Waals surface area contributed by atoms with Gasteiger partial charge in [-0.05, 0) is 31.9 Å². The van der Waals surface area contributed by atoms with Crippen LogP contribution in [0.3, 0.4) is 0 Å². The highest BCUT2D eigenvalue weighted by molar-refractivity contribution is 5.94. The second-order valence-electron chi connectivity index (χ2n) is 3.55. The van der Waals surface area contributed by atoms with E-state index < -0.39 is 0 Å². The third-order valence-corrected chi connectivity index (χ3v) is 2.26. The molecule has 1 saturated carbocycles.